The van der Waals surface area contributed by atoms with E-state index in [4.69, 9.17) is 0 Å². The molecule has 66 valence electrons. The highest BCUT2D eigenvalue weighted by Crippen LogP contribution is 2.32. The summed E-state index contributed by atoms with van der Waals surface area (Å²) >= 11 is 1.55. The van der Waals surface area contributed by atoms with Crippen LogP contribution in [-0.4, -0.2) is 52.9 Å². The van der Waals surface area contributed by atoms with Crippen LogP contribution in [0.2, 0.25) is 0 Å². The first-order valence-corrected chi connectivity index (χ1v) is 4.83. The van der Waals surface area contributed by atoms with E-state index in [1.165, 1.54) is 0 Å². The molecule has 5 heteroatoms. The van der Waals surface area contributed by atoms with Crippen molar-refractivity contribution in [2.45, 2.75) is 11.4 Å². The minimum atomic E-state index is -0.271. The third kappa shape index (κ3) is 0.798. The molecule has 3 saturated heterocycles. The number of likely N-dealkylation sites (N-methyl/N-ethyl adjacent to an activating group) is 2. The molecular weight excluding hydrogens is 176 g/mol. The number of hydrogen-bond acceptors (Lipinski definition) is 3. The minimum Gasteiger partial charge on any atom is -0.330 e. The molecule has 4 nitrogen and oxygen atoms in total. The van der Waals surface area contributed by atoms with Gasteiger partial charge in [-0.25, -0.2) is 0 Å². The van der Waals surface area contributed by atoms with Crippen LogP contribution in [0.15, 0.2) is 0 Å². The van der Waals surface area contributed by atoms with Gasteiger partial charge in [-0.05, 0) is 0 Å². The Labute approximate surface area is 74.9 Å². The second-order valence-electron chi connectivity index (χ2n) is 3.10. The lowest BCUT2D eigenvalue weighted by Gasteiger charge is -2.46. The van der Waals surface area contributed by atoms with E-state index < -0.39 is 0 Å². The summed E-state index contributed by atoms with van der Waals surface area (Å²) in [5.41, 5.74) is 0. The lowest BCUT2D eigenvalue weighted by Crippen LogP contribution is -2.66. The Morgan fingerprint density at radius 2 is 1.92 bits per heavy atom. The zero-order valence-corrected chi connectivity index (χ0v) is 7.80. The molecule has 0 aromatic heterocycles. The van der Waals surface area contributed by atoms with Crippen molar-refractivity contribution < 1.29 is 9.59 Å². The smallest absolute Gasteiger partial charge is 0.256 e. The van der Waals surface area contributed by atoms with Crippen molar-refractivity contribution in [3.8, 4) is 0 Å². The summed E-state index contributed by atoms with van der Waals surface area (Å²) in [6, 6.07) is -0.225. The summed E-state index contributed by atoms with van der Waals surface area (Å²) in [5.74, 6) is 0.870. The minimum absolute atomic E-state index is 0.0540. The molecule has 2 bridgehead atoms. The Kier molecular flexibility index (Phi) is 1.57. The third-order valence-corrected chi connectivity index (χ3v) is 3.76. The van der Waals surface area contributed by atoms with Gasteiger partial charge in [-0.15, -0.1) is 11.8 Å². The Bertz CT molecular complexity index is 230. The quantitative estimate of drug-likeness (QED) is 0.505. The zero-order chi connectivity index (χ0) is 8.88. The fourth-order valence-corrected chi connectivity index (χ4v) is 2.93. The highest BCUT2D eigenvalue weighted by Gasteiger charge is 2.47. The molecule has 0 aromatic rings. The molecule has 3 fully saturated rings. The predicted octanol–water partition coefficient (Wildman–Crippen LogP) is -0.642. The summed E-state index contributed by atoms with van der Waals surface area (Å²) in [6.07, 6.45) is 0. The summed E-state index contributed by atoms with van der Waals surface area (Å²) in [7, 11) is 3.39. The van der Waals surface area contributed by atoms with Gasteiger partial charge < -0.3 is 9.80 Å². The van der Waals surface area contributed by atoms with Crippen molar-refractivity contribution >= 4 is 23.6 Å². The van der Waals surface area contributed by atoms with Crippen LogP contribution >= 0.6 is 11.8 Å². The van der Waals surface area contributed by atoms with Crippen LogP contribution in [0.3, 0.4) is 0 Å². The van der Waals surface area contributed by atoms with Crippen LogP contribution in [0, 0.1) is 0 Å². The molecule has 3 aliphatic heterocycles. The summed E-state index contributed by atoms with van der Waals surface area (Å²) in [4.78, 5) is 26.0. The number of fused-ring (bicyclic) bond motifs is 3. The van der Waals surface area contributed by atoms with E-state index in [9.17, 15) is 9.59 Å². The number of carbonyl (C=O) groups is 2. The monoisotopic (exact) mass is 186 g/mol. The normalized spacial score (nSPS) is 34.8. The van der Waals surface area contributed by atoms with Crippen LogP contribution in [0.25, 0.3) is 0 Å². The van der Waals surface area contributed by atoms with Gasteiger partial charge in [0.2, 0.25) is 5.91 Å². The highest BCUT2D eigenvalue weighted by molar-refractivity contribution is 8.00. The number of piperazine rings is 1. The average molecular weight is 186 g/mol. The topological polar surface area (TPSA) is 40.6 Å². The van der Waals surface area contributed by atoms with E-state index in [1.807, 2.05) is 0 Å². The molecule has 3 heterocycles. The standard InChI is InChI=1S/C7H10N2O2S/c1-8-4-3-12-7(6(8)11)9(2)5(4)10/h4,7H,3H2,1-2H3/t4-,7-/m0/s1. The van der Waals surface area contributed by atoms with Crippen LogP contribution in [0.5, 0.6) is 0 Å². The first kappa shape index (κ1) is 7.91. The van der Waals surface area contributed by atoms with E-state index >= 15 is 0 Å². The Hall–Kier alpha value is -0.710. The molecule has 0 aromatic carbocycles. The lowest BCUT2D eigenvalue weighted by molar-refractivity contribution is -0.154. The lowest BCUT2D eigenvalue weighted by atomic mass is 10.2. The Morgan fingerprint density at radius 1 is 1.25 bits per heavy atom. The summed E-state index contributed by atoms with van der Waals surface area (Å²) < 4.78 is 0. The van der Waals surface area contributed by atoms with Gasteiger partial charge in [-0.2, -0.15) is 0 Å². The average Bonchev–Trinajstić information content (AvgIpc) is 2.05. The molecule has 2 amide bonds. The van der Waals surface area contributed by atoms with Gasteiger partial charge >= 0.3 is 0 Å². The van der Waals surface area contributed by atoms with Crippen molar-refractivity contribution in [2.75, 3.05) is 19.8 Å². The van der Waals surface area contributed by atoms with E-state index in [0.29, 0.717) is 0 Å². The predicted molar refractivity (Wildman–Crippen MR) is 45.6 cm³/mol. The van der Waals surface area contributed by atoms with Crippen molar-refractivity contribution in [1.82, 2.24) is 9.80 Å². The molecule has 0 unspecified atom stereocenters. The van der Waals surface area contributed by atoms with Crippen LogP contribution in [-0.2, 0) is 9.59 Å². The van der Waals surface area contributed by atoms with Gasteiger partial charge in [0.05, 0.1) is 0 Å². The van der Waals surface area contributed by atoms with Crippen LogP contribution in [0.4, 0.5) is 0 Å². The second-order valence-corrected chi connectivity index (χ2v) is 4.21. The molecule has 0 spiro atoms. The zero-order valence-electron chi connectivity index (χ0n) is 6.98. The summed E-state index contributed by atoms with van der Waals surface area (Å²) in [5, 5.41) is -0.271. The molecule has 0 saturated carbocycles. The van der Waals surface area contributed by atoms with Gasteiger partial charge in [-0.1, -0.05) is 0 Å². The maximum Gasteiger partial charge on any atom is 0.256 e. The Balaban J connectivity index is 2.35. The van der Waals surface area contributed by atoms with Gasteiger partial charge in [-0.3, -0.25) is 9.59 Å². The van der Waals surface area contributed by atoms with E-state index in [0.717, 1.165) is 5.75 Å². The number of amides is 2. The highest BCUT2D eigenvalue weighted by atomic mass is 32.2. The molecule has 3 aliphatic rings. The van der Waals surface area contributed by atoms with Gasteiger partial charge in [0.15, 0.2) is 5.37 Å². The maximum atomic E-state index is 11.5. The molecular formula is C7H10N2O2S. The first-order valence-electron chi connectivity index (χ1n) is 3.78. The third-order valence-electron chi connectivity index (χ3n) is 2.42. The van der Waals surface area contributed by atoms with Crippen molar-refractivity contribution in [3.05, 3.63) is 0 Å². The van der Waals surface area contributed by atoms with Crippen molar-refractivity contribution in [1.29, 1.82) is 0 Å². The van der Waals surface area contributed by atoms with E-state index in [1.54, 1.807) is 35.7 Å². The molecule has 0 N–H and O–H groups in total. The van der Waals surface area contributed by atoms with Gasteiger partial charge in [0, 0.05) is 19.8 Å². The largest absolute Gasteiger partial charge is 0.330 e. The summed E-state index contributed by atoms with van der Waals surface area (Å²) in [6.45, 7) is 0. The number of hydrogen-bond donors (Lipinski definition) is 0. The molecule has 0 radical (unpaired) electrons. The number of rotatable bonds is 0. The van der Waals surface area contributed by atoms with Crippen LogP contribution in [0.1, 0.15) is 0 Å². The molecule has 0 aliphatic carbocycles. The van der Waals surface area contributed by atoms with Crippen LogP contribution < -0.4 is 0 Å². The Morgan fingerprint density at radius 3 is 2.50 bits per heavy atom. The number of nitrogens with zero attached hydrogens (tertiary/aromatic N) is 2. The van der Waals surface area contributed by atoms with Crippen molar-refractivity contribution in [2.24, 2.45) is 0 Å². The molecule has 12 heavy (non-hydrogen) atoms. The fourth-order valence-electron chi connectivity index (χ4n) is 1.56. The van der Waals surface area contributed by atoms with Crippen molar-refractivity contribution in [3.63, 3.8) is 0 Å². The second kappa shape index (κ2) is 2.39. The van der Waals surface area contributed by atoms with Gasteiger partial charge in [0.25, 0.3) is 5.91 Å². The molecule has 3 rings (SSSR count). The first-order chi connectivity index (χ1) is 5.63. The maximum absolute atomic E-state index is 11.5. The number of thioether (sulfide) groups is 1. The molecule has 2 atom stereocenters. The van der Waals surface area contributed by atoms with E-state index in [-0.39, 0.29) is 23.2 Å². The number of carbonyl (C=O) groups excluding carboxylic acids is 2. The van der Waals surface area contributed by atoms with Gasteiger partial charge in [0.1, 0.15) is 6.04 Å². The SMILES string of the molecule is CN1C(=O)[C@@H]2SC[C@H]1C(=O)N2C. The van der Waals surface area contributed by atoms with E-state index in [2.05, 4.69) is 0 Å². The fraction of sp³-hybridized carbons (Fsp3) is 0.714.